The Bertz CT molecular complexity index is 149. The standard InChI is InChI=1S/C3H6N2O2S2/c6-9(7)3-5-1-2-8-4-5/h1-2,4H,3H2,(H,6,7)/p-1. The molecule has 52 valence electrons. The summed E-state index contributed by atoms with van der Waals surface area (Å²) in [5.74, 6) is 0.00347. The van der Waals surface area contributed by atoms with Crippen molar-refractivity contribution in [1.82, 2.24) is 9.84 Å². The summed E-state index contributed by atoms with van der Waals surface area (Å²) in [5.41, 5.74) is 0. The van der Waals surface area contributed by atoms with Crippen LogP contribution in [-0.2, 0) is 11.1 Å². The first-order valence-electron chi connectivity index (χ1n) is 2.19. The van der Waals surface area contributed by atoms with Gasteiger partial charge in [-0.1, -0.05) is 0 Å². The van der Waals surface area contributed by atoms with Gasteiger partial charge < -0.3 is 4.55 Å². The zero-order valence-corrected chi connectivity index (χ0v) is 6.08. The molecule has 0 aromatic carbocycles. The summed E-state index contributed by atoms with van der Waals surface area (Å²) in [4.78, 5) is 2.73. The van der Waals surface area contributed by atoms with Crippen LogP contribution in [0.3, 0.4) is 0 Å². The van der Waals surface area contributed by atoms with Gasteiger partial charge in [-0.25, -0.2) is 0 Å². The molecule has 0 aliphatic carbocycles. The molecular formula is C3H5N2O2S2-. The first-order chi connectivity index (χ1) is 4.29. The lowest BCUT2D eigenvalue weighted by Crippen LogP contribution is -2.27. The molecule has 0 saturated carbocycles. The van der Waals surface area contributed by atoms with E-state index in [1.807, 2.05) is 0 Å². The Morgan fingerprint density at radius 2 is 2.67 bits per heavy atom. The van der Waals surface area contributed by atoms with Crippen molar-refractivity contribution in [3.8, 4) is 0 Å². The van der Waals surface area contributed by atoms with Crippen LogP contribution in [0.2, 0.25) is 0 Å². The number of nitrogens with zero attached hydrogens (tertiary/aromatic N) is 1. The van der Waals surface area contributed by atoms with Crippen molar-refractivity contribution in [2.24, 2.45) is 0 Å². The number of rotatable bonds is 2. The molecule has 0 amide bonds. The Hall–Kier alpha value is -0.0400. The van der Waals surface area contributed by atoms with Crippen molar-refractivity contribution >= 4 is 23.0 Å². The van der Waals surface area contributed by atoms with Crippen LogP contribution in [0.5, 0.6) is 0 Å². The number of hydrazine groups is 1. The van der Waals surface area contributed by atoms with Gasteiger partial charge in [-0.15, -0.1) is 0 Å². The van der Waals surface area contributed by atoms with Gasteiger partial charge in [0, 0.05) is 11.6 Å². The molecule has 1 N–H and O–H groups in total. The average Bonchev–Trinajstić information content (AvgIpc) is 2.15. The summed E-state index contributed by atoms with van der Waals surface area (Å²) in [6, 6.07) is 0. The van der Waals surface area contributed by atoms with Crippen molar-refractivity contribution in [2.75, 3.05) is 5.88 Å². The third kappa shape index (κ3) is 2.35. The van der Waals surface area contributed by atoms with Gasteiger partial charge in [0.15, 0.2) is 0 Å². The highest BCUT2D eigenvalue weighted by molar-refractivity contribution is 8.00. The largest absolute Gasteiger partial charge is 0.771 e. The molecule has 0 saturated heterocycles. The summed E-state index contributed by atoms with van der Waals surface area (Å²) in [7, 11) is 0. The topological polar surface area (TPSA) is 55.4 Å². The summed E-state index contributed by atoms with van der Waals surface area (Å²) in [5, 5.41) is 3.25. The van der Waals surface area contributed by atoms with E-state index in [1.54, 1.807) is 11.6 Å². The first-order valence-corrected chi connectivity index (χ1v) is 4.32. The second-order valence-electron chi connectivity index (χ2n) is 1.40. The minimum Gasteiger partial charge on any atom is -0.771 e. The fraction of sp³-hybridized carbons (Fsp3) is 0.333. The van der Waals surface area contributed by atoms with Gasteiger partial charge in [-0.05, 0) is 23.0 Å². The summed E-state index contributed by atoms with van der Waals surface area (Å²) in [6.45, 7) is 0. The molecule has 0 aromatic rings. The van der Waals surface area contributed by atoms with Crippen molar-refractivity contribution < 1.29 is 8.76 Å². The zero-order valence-electron chi connectivity index (χ0n) is 4.44. The maximum Gasteiger partial charge on any atom is 0.0967 e. The van der Waals surface area contributed by atoms with Crippen LogP contribution in [0.25, 0.3) is 0 Å². The Kier molecular flexibility index (Phi) is 2.52. The molecule has 0 aromatic heterocycles. The minimum absolute atomic E-state index is 0.00347. The van der Waals surface area contributed by atoms with E-state index in [0.717, 1.165) is 0 Å². The normalized spacial score (nSPS) is 20.8. The average molecular weight is 165 g/mol. The smallest absolute Gasteiger partial charge is 0.0967 e. The summed E-state index contributed by atoms with van der Waals surface area (Å²) >= 11 is -0.660. The van der Waals surface area contributed by atoms with E-state index in [-0.39, 0.29) is 5.88 Å². The Morgan fingerprint density at radius 1 is 1.89 bits per heavy atom. The minimum atomic E-state index is -2.01. The lowest BCUT2D eigenvalue weighted by molar-refractivity contribution is 0.403. The van der Waals surface area contributed by atoms with Crippen LogP contribution in [-0.4, -0.2) is 19.6 Å². The van der Waals surface area contributed by atoms with E-state index in [4.69, 9.17) is 0 Å². The molecule has 1 heterocycles. The number of hydrogen-bond acceptors (Lipinski definition) is 5. The van der Waals surface area contributed by atoms with E-state index in [9.17, 15) is 8.76 Å². The molecule has 1 aliphatic rings. The van der Waals surface area contributed by atoms with Gasteiger partial charge in [-0.3, -0.25) is 9.22 Å². The van der Waals surface area contributed by atoms with E-state index >= 15 is 0 Å². The second kappa shape index (κ2) is 3.21. The maximum atomic E-state index is 10.0. The third-order valence-corrected chi connectivity index (χ3v) is 1.81. The molecule has 1 unspecified atom stereocenters. The number of nitrogens with one attached hydrogen (secondary N) is 1. The molecule has 1 aliphatic heterocycles. The van der Waals surface area contributed by atoms with Crippen molar-refractivity contribution in [1.29, 1.82) is 0 Å². The maximum absolute atomic E-state index is 10.0. The molecule has 1 rings (SSSR count). The highest BCUT2D eigenvalue weighted by Gasteiger charge is 2.01. The Labute approximate surface area is 59.7 Å². The van der Waals surface area contributed by atoms with Gasteiger partial charge in [-0.2, -0.15) is 4.83 Å². The monoisotopic (exact) mass is 165 g/mol. The highest BCUT2D eigenvalue weighted by atomic mass is 32.2. The van der Waals surface area contributed by atoms with Crippen LogP contribution in [0.4, 0.5) is 0 Å². The predicted molar refractivity (Wildman–Crippen MR) is 35.5 cm³/mol. The first kappa shape index (κ1) is 7.07. The van der Waals surface area contributed by atoms with Crippen LogP contribution in [0.1, 0.15) is 0 Å². The zero-order chi connectivity index (χ0) is 6.69. The molecule has 1 atom stereocenters. The van der Waals surface area contributed by atoms with Gasteiger partial charge in [0.1, 0.15) is 0 Å². The van der Waals surface area contributed by atoms with E-state index in [2.05, 4.69) is 4.83 Å². The Balaban J connectivity index is 2.28. The summed E-state index contributed by atoms with van der Waals surface area (Å²) < 4.78 is 20.1. The molecule has 0 radical (unpaired) electrons. The van der Waals surface area contributed by atoms with Gasteiger partial charge in [0.05, 0.1) is 5.88 Å². The van der Waals surface area contributed by atoms with Crippen molar-refractivity contribution in [2.45, 2.75) is 0 Å². The SMILES string of the molecule is O=S([O-])CN1C=CSN1. The van der Waals surface area contributed by atoms with E-state index in [0.29, 0.717) is 0 Å². The molecule has 9 heavy (non-hydrogen) atoms. The fourth-order valence-electron chi connectivity index (χ4n) is 0.415. The summed E-state index contributed by atoms with van der Waals surface area (Å²) in [6.07, 6.45) is 1.67. The predicted octanol–water partition coefficient (Wildman–Crippen LogP) is -0.237. The molecular weight excluding hydrogens is 160 g/mol. The lowest BCUT2D eigenvalue weighted by atomic mass is 11.0. The Morgan fingerprint density at radius 3 is 3.11 bits per heavy atom. The van der Waals surface area contributed by atoms with Crippen molar-refractivity contribution in [3.05, 3.63) is 11.6 Å². The molecule has 0 bridgehead atoms. The van der Waals surface area contributed by atoms with Gasteiger partial charge in [0.25, 0.3) is 0 Å². The lowest BCUT2D eigenvalue weighted by Gasteiger charge is -2.15. The van der Waals surface area contributed by atoms with Crippen LogP contribution < -0.4 is 4.83 Å². The van der Waals surface area contributed by atoms with Crippen LogP contribution >= 0.6 is 11.9 Å². The molecule has 6 heteroatoms. The highest BCUT2D eigenvalue weighted by Crippen LogP contribution is 2.07. The molecule has 4 nitrogen and oxygen atoms in total. The number of hydrogen-bond donors (Lipinski definition) is 1. The third-order valence-electron chi connectivity index (χ3n) is 0.723. The van der Waals surface area contributed by atoms with Gasteiger partial charge in [0.2, 0.25) is 0 Å². The van der Waals surface area contributed by atoms with Gasteiger partial charge >= 0.3 is 0 Å². The molecule has 0 spiro atoms. The second-order valence-corrected chi connectivity index (χ2v) is 2.95. The van der Waals surface area contributed by atoms with Crippen LogP contribution in [0.15, 0.2) is 11.6 Å². The van der Waals surface area contributed by atoms with Crippen LogP contribution in [0, 0.1) is 0 Å². The quantitative estimate of drug-likeness (QED) is 0.452. The fourth-order valence-corrected chi connectivity index (χ4v) is 1.40. The van der Waals surface area contributed by atoms with Crippen molar-refractivity contribution in [3.63, 3.8) is 0 Å². The van der Waals surface area contributed by atoms with E-state index < -0.39 is 11.1 Å². The van der Waals surface area contributed by atoms with E-state index in [1.165, 1.54) is 17.0 Å². The molecule has 0 fully saturated rings.